The van der Waals surface area contributed by atoms with E-state index in [0.29, 0.717) is 12.1 Å². The molecule has 1 heterocycles. The van der Waals surface area contributed by atoms with Crippen LogP contribution in [0.4, 0.5) is 19.0 Å². The predicted octanol–water partition coefficient (Wildman–Crippen LogP) is 4.35. The molecule has 0 aliphatic heterocycles. The van der Waals surface area contributed by atoms with Crippen LogP contribution in [0.3, 0.4) is 0 Å². The molecule has 188 valence electrons. The van der Waals surface area contributed by atoms with E-state index in [4.69, 9.17) is 4.74 Å². The normalized spacial score (nSPS) is 12.9. The van der Waals surface area contributed by atoms with Gasteiger partial charge in [0.05, 0.1) is 12.0 Å². The summed E-state index contributed by atoms with van der Waals surface area (Å²) in [5.74, 6) is -2.07. The third-order valence-corrected chi connectivity index (χ3v) is 5.87. The summed E-state index contributed by atoms with van der Waals surface area (Å²) in [6.07, 6.45) is -6.59. The van der Waals surface area contributed by atoms with Crippen molar-refractivity contribution in [3.63, 3.8) is 0 Å². The van der Waals surface area contributed by atoms with Crippen molar-refractivity contribution in [3.8, 4) is 6.07 Å². The van der Waals surface area contributed by atoms with Crippen molar-refractivity contribution >= 4 is 17.7 Å². The van der Waals surface area contributed by atoms with E-state index in [2.05, 4.69) is 5.32 Å². The molecule has 1 unspecified atom stereocenters. The standard InChI is InChI=1S/C26H24F3N3O4/c1-17-18(2)32(15-19-9-5-3-6-10-19)24(21(17)14-30)31-22(33)16-36-23(34)13-25(35,26(27,28)29)20-11-7-4-8-12-20/h3-12,35H,13,15-16H2,1-2H3,(H,31,33). The van der Waals surface area contributed by atoms with Crippen molar-refractivity contribution in [2.24, 2.45) is 0 Å². The van der Waals surface area contributed by atoms with Crippen LogP contribution in [0, 0.1) is 25.2 Å². The molecule has 0 aliphatic carbocycles. The van der Waals surface area contributed by atoms with E-state index in [1.807, 2.05) is 36.4 Å². The van der Waals surface area contributed by atoms with Crippen molar-refractivity contribution in [2.75, 3.05) is 11.9 Å². The highest BCUT2D eigenvalue weighted by molar-refractivity contribution is 5.93. The second kappa shape index (κ2) is 10.7. The number of hydrogen-bond donors (Lipinski definition) is 2. The Labute approximate surface area is 205 Å². The molecule has 0 aliphatic rings. The van der Waals surface area contributed by atoms with Crippen molar-refractivity contribution in [2.45, 2.75) is 38.6 Å². The number of carbonyl (C=O) groups is 2. The summed E-state index contributed by atoms with van der Waals surface area (Å²) < 4.78 is 47.3. The summed E-state index contributed by atoms with van der Waals surface area (Å²) in [6, 6.07) is 17.5. The quantitative estimate of drug-likeness (QED) is 0.449. The van der Waals surface area contributed by atoms with Crippen LogP contribution in [0.15, 0.2) is 60.7 Å². The number of nitriles is 1. The smallest absolute Gasteiger partial charge is 0.422 e. The maximum atomic E-state index is 13.6. The van der Waals surface area contributed by atoms with Crippen LogP contribution < -0.4 is 5.32 Å². The van der Waals surface area contributed by atoms with E-state index in [1.54, 1.807) is 18.4 Å². The van der Waals surface area contributed by atoms with Crippen LogP contribution in [0.5, 0.6) is 0 Å². The Bertz CT molecular complexity index is 1280. The van der Waals surface area contributed by atoms with Gasteiger partial charge in [-0.25, -0.2) is 0 Å². The molecule has 1 atom stereocenters. The van der Waals surface area contributed by atoms with Crippen LogP contribution in [0.2, 0.25) is 0 Å². The number of amides is 1. The summed E-state index contributed by atoms with van der Waals surface area (Å²) in [6.45, 7) is 2.96. The van der Waals surface area contributed by atoms with Crippen molar-refractivity contribution < 1.29 is 32.6 Å². The van der Waals surface area contributed by atoms with E-state index in [1.165, 1.54) is 18.2 Å². The molecule has 0 fully saturated rings. The Kier molecular flexibility index (Phi) is 7.85. The SMILES string of the molecule is Cc1c(C#N)c(NC(=O)COC(=O)CC(O)(c2ccccc2)C(F)(F)F)n(Cc2ccccc2)c1C. The fourth-order valence-corrected chi connectivity index (χ4v) is 3.75. The maximum Gasteiger partial charge on any atom is 0.422 e. The van der Waals surface area contributed by atoms with E-state index >= 15 is 0 Å². The third-order valence-electron chi connectivity index (χ3n) is 5.87. The topological polar surface area (TPSA) is 104 Å². The lowest BCUT2D eigenvalue weighted by molar-refractivity contribution is -0.269. The Morgan fingerprint density at radius 2 is 1.64 bits per heavy atom. The number of benzene rings is 2. The number of rotatable bonds is 8. The fraction of sp³-hybridized carbons (Fsp3) is 0.269. The molecule has 1 amide bonds. The van der Waals surface area contributed by atoms with Gasteiger partial charge >= 0.3 is 12.1 Å². The zero-order chi connectivity index (χ0) is 26.5. The Morgan fingerprint density at radius 3 is 2.19 bits per heavy atom. The second-order valence-electron chi connectivity index (χ2n) is 8.23. The summed E-state index contributed by atoms with van der Waals surface area (Å²) in [5.41, 5.74) is -1.48. The third kappa shape index (κ3) is 5.58. The van der Waals surface area contributed by atoms with Gasteiger partial charge in [0.1, 0.15) is 11.9 Å². The second-order valence-corrected chi connectivity index (χ2v) is 8.23. The van der Waals surface area contributed by atoms with E-state index in [9.17, 15) is 33.1 Å². The molecular formula is C26H24F3N3O4. The van der Waals surface area contributed by atoms with Crippen molar-refractivity contribution in [1.82, 2.24) is 4.57 Å². The lowest BCUT2D eigenvalue weighted by Crippen LogP contribution is -2.44. The Hall–Kier alpha value is -4.10. The number of esters is 1. The number of ether oxygens (including phenoxy) is 1. The first-order chi connectivity index (χ1) is 17.0. The van der Waals surface area contributed by atoms with Crippen LogP contribution in [0.1, 0.15) is 34.4 Å². The van der Waals surface area contributed by atoms with E-state index in [-0.39, 0.29) is 11.4 Å². The molecular weight excluding hydrogens is 475 g/mol. The number of nitrogens with zero attached hydrogens (tertiary/aromatic N) is 2. The van der Waals surface area contributed by atoms with Gasteiger partial charge in [-0.1, -0.05) is 60.7 Å². The highest BCUT2D eigenvalue weighted by atomic mass is 19.4. The molecule has 0 bridgehead atoms. The number of alkyl halides is 3. The van der Waals surface area contributed by atoms with Crippen LogP contribution >= 0.6 is 0 Å². The van der Waals surface area contributed by atoms with Gasteiger partial charge in [-0.3, -0.25) is 9.59 Å². The van der Waals surface area contributed by atoms with Gasteiger partial charge in [0.15, 0.2) is 12.2 Å². The number of nitrogens with one attached hydrogen (secondary N) is 1. The molecule has 10 heteroatoms. The van der Waals surface area contributed by atoms with E-state index in [0.717, 1.165) is 23.4 Å². The highest BCUT2D eigenvalue weighted by Crippen LogP contribution is 2.41. The van der Waals surface area contributed by atoms with Crippen LogP contribution in [0.25, 0.3) is 0 Å². The number of anilines is 1. The molecule has 0 saturated carbocycles. The number of aliphatic hydroxyl groups is 1. The molecule has 0 saturated heterocycles. The first-order valence-electron chi connectivity index (χ1n) is 10.9. The maximum absolute atomic E-state index is 13.6. The van der Waals surface area contributed by atoms with E-state index < -0.39 is 42.2 Å². The first kappa shape index (κ1) is 26.5. The van der Waals surface area contributed by atoms with Crippen molar-refractivity contribution in [3.05, 3.63) is 88.6 Å². The number of carbonyl (C=O) groups excluding carboxylic acids is 2. The molecule has 3 aromatic rings. The molecule has 3 rings (SSSR count). The zero-order valence-corrected chi connectivity index (χ0v) is 19.6. The molecule has 2 aromatic carbocycles. The molecule has 0 spiro atoms. The van der Waals surface area contributed by atoms with Crippen LogP contribution in [-0.4, -0.2) is 34.3 Å². The lowest BCUT2D eigenvalue weighted by atomic mass is 9.90. The first-order valence-corrected chi connectivity index (χ1v) is 10.9. The predicted molar refractivity (Wildman–Crippen MR) is 125 cm³/mol. The van der Waals surface area contributed by atoms with Gasteiger partial charge in [0, 0.05) is 12.2 Å². The molecule has 0 radical (unpaired) electrons. The summed E-state index contributed by atoms with van der Waals surface area (Å²) in [4.78, 5) is 24.8. The minimum atomic E-state index is -5.16. The van der Waals surface area contributed by atoms with Gasteiger partial charge in [-0.05, 0) is 30.5 Å². The largest absolute Gasteiger partial charge is 0.455 e. The van der Waals surface area contributed by atoms with Gasteiger partial charge in [0.25, 0.3) is 5.91 Å². The van der Waals surface area contributed by atoms with Gasteiger partial charge < -0.3 is 19.7 Å². The fourth-order valence-electron chi connectivity index (χ4n) is 3.75. The average Bonchev–Trinajstić information content (AvgIpc) is 3.06. The zero-order valence-electron chi connectivity index (χ0n) is 19.6. The summed E-state index contributed by atoms with van der Waals surface area (Å²) in [5, 5.41) is 22.4. The number of hydrogen-bond acceptors (Lipinski definition) is 5. The molecule has 7 nitrogen and oxygen atoms in total. The molecule has 1 aromatic heterocycles. The Balaban J connectivity index is 1.73. The summed E-state index contributed by atoms with van der Waals surface area (Å²) >= 11 is 0. The van der Waals surface area contributed by atoms with Gasteiger partial charge in [-0.15, -0.1) is 0 Å². The molecule has 36 heavy (non-hydrogen) atoms. The summed E-state index contributed by atoms with van der Waals surface area (Å²) in [7, 11) is 0. The highest BCUT2D eigenvalue weighted by Gasteiger charge is 2.56. The Morgan fingerprint density at radius 1 is 1.06 bits per heavy atom. The number of halogens is 3. The minimum Gasteiger partial charge on any atom is -0.455 e. The molecule has 2 N–H and O–H groups in total. The number of aromatic nitrogens is 1. The lowest BCUT2D eigenvalue weighted by Gasteiger charge is -2.30. The average molecular weight is 499 g/mol. The monoisotopic (exact) mass is 499 g/mol. The van der Waals surface area contributed by atoms with Gasteiger partial charge in [0.2, 0.25) is 0 Å². The minimum absolute atomic E-state index is 0.188. The van der Waals surface area contributed by atoms with Crippen molar-refractivity contribution in [1.29, 1.82) is 5.26 Å². The van der Waals surface area contributed by atoms with Crippen LogP contribution in [-0.2, 0) is 26.5 Å². The van der Waals surface area contributed by atoms with Gasteiger partial charge in [-0.2, -0.15) is 18.4 Å².